The van der Waals surface area contributed by atoms with Crippen molar-refractivity contribution < 1.29 is 9.47 Å². The molecule has 9 heteroatoms. The average Bonchev–Trinajstić information content (AvgIpc) is 3.65. The molecule has 2 aromatic carbocycles. The molecule has 1 fully saturated rings. The number of H-pyrrole nitrogens is 1. The Hall–Kier alpha value is -3.56. The van der Waals surface area contributed by atoms with Crippen LogP contribution in [0.1, 0.15) is 74.2 Å². The van der Waals surface area contributed by atoms with Gasteiger partial charge in [0.15, 0.2) is 5.82 Å². The molecule has 0 radical (unpaired) electrons. The molecule has 2 aromatic heterocycles. The summed E-state index contributed by atoms with van der Waals surface area (Å²) in [5, 5.41) is 14.2. The quantitative estimate of drug-likeness (QED) is 0.298. The van der Waals surface area contributed by atoms with Crippen LogP contribution < -0.4 is 10.3 Å². The van der Waals surface area contributed by atoms with Gasteiger partial charge in [0.05, 0.1) is 24.3 Å². The number of fused-ring (bicyclic) bond motifs is 1. The van der Waals surface area contributed by atoms with Crippen LogP contribution in [0, 0.1) is 13.8 Å². The molecule has 1 aliphatic rings. The standard InChI is InChI=1S/C31H40N6O3/c1-7-31(4,5)37-29(33-34-35-37)28(26-17-25-20(2)10-11-21(3)27(25)32-30(26)38)36(19-24-9-8-16-40-24)18-22-12-14-23(39-6)15-13-22/h10-15,17,24,28H,7-9,16,18-19H2,1-6H3,(H,32,38). The van der Waals surface area contributed by atoms with Crippen molar-refractivity contribution in [3.63, 3.8) is 0 Å². The van der Waals surface area contributed by atoms with Crippen LogP contribution >= 0.6 is 0 Å². The van der Waals surface area contributed by atoms with Crippen LogP contribution in [0.25, 0.3) is 10.9 Å². The van der Waals surface area contributed by atoms with Gasteiger partial charge in [0.1, 0.15) is 11.8 Å². The third kappa shape index (κ3) is 5.53. The molecule has 0 bridgehead atoms. The lowest BCUT2D eigenvalue weighted by Crippen LogP contribution is -2.41. The maximum atomic E-state index is 13.9. The Labute approximate surface area is 235 Å². The third-order valence-electron chi connectivity index (χ3n) is 8.32. The third-order valence-corrected chi connectivity index (χ3v) is 8.32. The Morgan fingerprint density at radius 2 is 1.93 bits per heavy atom. The molecule has 2 unspecified atom stereocenters. The van der Waals surface area contributed by atoms with Crippen molar-refractivity contribution in [3.8, 4) is 5.75 Å². The molecule has 40 heavy (non-hydrogen) atoms. The van der Waals surface area contributed by atoms with Gasteiger partial charge >= 0.3 is 0 Å². The highest BCUT2D eigenvalue weighted by molar-refractivity contribution is 5.85. The molecule has 0 spiro atoms. The Morgan fingerprint density at radius 3 is 2.60 bits per heavy atom. The Balaban J connectivity index is 1.71. The SMILES string of the molecule is CCC(C)(C)n1nnnc1C(c1cc2c(C)ccc(C)c2[nH]c1=O)N(Cc1ccc(OC)cc1)CC1CCCO1. The van der Waals surface area contributed by atoms with E-state index >= 15 is 0 Å². The largest absolute Gasteiger partial charge is 0.497 e. The number of nitrogens with one attached hydrogen (secondary N) is 1. The van der Waals surface area contributed by atoms with Gasteiger partial charge in [-0.15, -0.1) is 5.10 Å². The van der Waals surface area contributed by atoms with Gasteiger partial charge < -0.3 is 14.5 Å². The lowest BCUT2D eigenvalue weighted by Gasteiger charge is -2.35. The predicted octanol–water partition coefficient (Wildman–Crippen LogP) is 5.06. The molecule has 5 rings (SSSR count). The van der Waals surface area contributed by atoms with Crippen LogP contribution in [-0.2, 0) is 16.8 Å². The maximum absolute atomic E-state index is 13.9. The summed E-state index contributed by atoms with van der Waals surface area (Å²) in [6.45, 7) is 12.4. The van der Waals surface area contributed by atoms with Crippen LogP contribution in [0.4, 0.5) is 0 Å². The summed E-state index contributed by atoms with van der Waals surface area (Å²) < 4.78 is 13.4. The molecule has 1 aliphatic heterocycles. The summed E-state index contributed by atoms with van der Waals surface area (Å²) >= 11 is 0. The number of aromatic nitrogens is 5. The smallest absolute Gasteiger partial charge is 0.253 e. The molecule has 0 saturated carbocycles. The van der Waals surface area contributed by atoms with Gasteiger partial charge in [-0.25, -0.2) is 4.68 Å². The number of nitrogens with zero attached hydrogens (tertiary/aromatic N) is 5. The molecule has 9 nitrogen and oxygen atoms in total. The molecule has 3 heterocycles. The van der Waals surface area contributed by atoms with E-state index in [0.717, 1.165) is 59.2 Å². The van der Waals surface area contributed by atoms with Gasteiger partial charge in [0.25, 0.3) is 5.56 Å². The van der Waals surface area contributed by atoms with Gasteiger partial charge in [0, 0.05) is 30.6 Å². The van der Waals surface area contributed by atoms with Crippen LogP contribution in [0.3, 0.4) is 0 Å². The van der Waals surface area contributed by atoms with Crippen LogP contribution in [0.15, 0.2) is 47.3 Å². The summed E-state index contributed by atoms with van der Waals surface area (Å²) in [5.74, 6) is 1.45. The molecule has 2 atom stereocenters. The molecule has 0 aliphatic carbocycles. The minimum Gasteiger partial charge on any atom is -0.497 e. The fraction of sp³-hybridized carbons (Fsp3) is 0.484. The van der Waals surface area contributed by atoms with E-state index < -0.39 is 6.04 Å². The van der Waals surface area contributed by atoms with Crippen molar-refractivity contribution in [1.82, 2.24) is 30.1 Å². The zero-order chi connectivity index (χ0) is 28.4. The molecule has 212 valence electrons. The average molecular weight is 545 g/mol. The first-order valence-corrected chi connectivity index (χ1v) is 14.1. The van der Waals surface area contributed by atoms with Crippen molar-refractivity contribution in [1.29, 1.82) is 0 Å². The second-order valence-electron chi connectivity index (χ2n) is 11.5. The van der Waals surface area contributed by atoms with E-state index in [1.807, 2.05) is 35.9 Å². The highest BCUT2D eigenvalue weighted by atomic mass is 16.5. The Bertz CT molecular complexity index is 1520. The zero-order valence-electron chi connectivity index (χ0n) is 24.4. The number of hydrogen-bond donors (Lipinski definition) is 1. The van der Waals surface area contributed by atoms with Gasteiger partial charge in [-0.3, -0.25) is 9.69 Å². The van der Waals surface area contributed by atoms with Crippen molar-refractivity contribution in [3.05, 3.63) is 80.9 Å². The van der Waals surface area contributed by atoms with E-state index in [1.54, 1.807) is 7.11 Å². The number of methoxy groups -OCH3 is 1. The molecule has 1 N–H and O–H groups in total. The van der Waals surface area contributed by atoms with Crippen molar-refractivity contribution in [2.24, 2.45) is 0 Å². The summed E-state index contributed by atoms with van der Waals surface area (Å²) in [4.78, 5) is 19.4. The van der Waals surface area contributed by atoms with Crippen molar-refractivity contribution in [2.75, 3.05) is 20.3 Å². The van der Waals surface area contributed by atoms with Gasteiger partial charge in [0.2, 0.25) is 0 Å². The monoisotopic (exact) mass is 544 g/mol. The molecule has 4 aromatic rings. The maximum Gasteiger partial charge on any atom is 0.253 e. The lowest BCUT2D eigenvalue weighted by molar-refractivity contribution is 0.0562. The van der Waals surface area contributed by atoms with Crippen molar-refractivity contribution in [2.45, 2.75) is 78.1 Å². The first kappa shape index (κ1) is 28.0. The number of ether oxygens (including phenoxy) is 2. The fourth-order valence-electron chi connectivity index (χ4n) is 5.52. The number of rotatable bonds is 10. The molecular weight excluding hydrogens is 504 g/mol. The summed E-state index contributed by atoms with van der Waals surface area (Å²) in [6.07, 6.45) is 2.90. The minimum atomic E-state index is -0.500. The van der Waals surface area contributed by atoms with E-state index in [2.05, 4.69) is 71.3 Å². The number of hydrogen-bond acceptors (Lipinski definition) is 7. The second kappa shape index (κ2) is 11.5. The van der Waals surface area contributed by atoms with Crippen LogP contribution in [-0.4, -0.2) is 56.5 Å². The van der Waals surface area contributed by atoms with Crippen LogP contribution in [0.2, 0.25) is 0 Å². The number of pyridine rings is 1. The summed E-state index contributed by atoms with van der Waals surface area (Å²) in [6, 6.07) is 13.7. The number of tetrazole rings is 1. The van der Waals surface area contributed by atoms with E-state index in [9.17, 15) is 4.79 Å². The number of aryl methyl sites for hydroxylation is 2. The van der Waals surface area contributed by atoms with E-state index in [4.69, 9.17) is 9.47 Å². The zero-order valence-corrected chi connectivity index (χ0v) is 24.4. The van der Waals surface area contributed by atoms with Gasteiger partial charge in [-0.1, -0.05) is 31.2 Å². The minimum absolute atomic E-state index is 0.0628. The van der Waals surface area contributed by atoms with Gasteiger partial charge in [-0.05, 0) is 92.3 Å². The summed E-state index contributed by atoms with van der Waals surface area (Å²) in [7, 11) is 1.67. The molecule has 0 amide bonds. The topological polar surface area (TPSA) is 98.2 Å². The van der Waals surface area contributed by atoms with Crippen LogP contribution in [0.5, 0.6) is 5.75 Å². The Morgan fingerprint density at radius 1 is 1.18 bits per heavy atom. The predicted molar refractivity (Wildman–Crippen MR) is 156 cm³/mol. The highest BCUT2D eigenvalue weighted by Crippen LogP contribution is 2.33. The first-order valence-electron chi connectivity index (χ1n) is 14.1. The van der Waals surface area contributed by atoms with E-state index in [-0.39, 0.29) is 17.2 Å². The summed E-state index contributed by atoms with van der Waals surface area (Å²) in [5.41, 5.74) is 4.24. The number of aromatic amines is 1. The highest BCUT2D eigenvalue weighted by Gasteiger charge is 2.36. The van der Waals surface area contributed by atoms with Gasteiger partial charge in [-0.2, -0.15) is 0 Å². The first-order chi connectivity index (χ1) is 19.2. The van der Waals surface area contributed by atoms with E-state index in [1.165, 1.54) is 0 Å². The van der Waals surface area contributed by atoms with E-state index in [0.29, 0.717) is 24.5 Å². The number of benzene rings is 2. The lowest BCUT2D eigenvalue weighted by atomic mass is 9.97. The van der Waals surface area contributed by atoms with Crippen molar-refractivity contribution >= 4 is 10.9 Å². The second-order valence-corrected chi connectivity index (χ2v) is 11.5. The molecular formula is C31H40N6O3. The fourth-order valence-corrected chi connectivity index (χ4v) is 5.52. The Kier molecular flexibility index (Phi) is 8.05. The normalized spacial score (nSPS) is 16.6. The molecule has 1 saturated heterocycles.